The van der Waals surface area contributed by atoms with Gasteiger partial charge in [0.15, 0.2) is 0 Å². The van der Waals surface area contributed by atoms with Crippen molar-refractivity contribution in [3.8, 4) is 17.2 Å². The molecule has 1 aliphatic carbocycles. The molecule has 6 rings (SSSR count). The number of methoxy groups -OCH3 is 1. The normalized spacial score (nSPS) is 17.9. The van der Waals surface area contributed by atoms with E-state index in [1.165, 1.54) is 31.2 Å². The molecule has 174 valence electrons. The average molecular weight is 471 g/mol. The minimum atomic E-state index is 0.270. The molecule has 0 spiro atoms. The van der Waals surface area contributed by atoms with Gasteiger partial charge in [-0.25, -0.2) is 4.98 Å². The highest BCUT2D eigenvalue weighted by Crippen LogP contribution is 2.45. The number of oxazole rings is 1. The number of fused-ring (bicyclic) bond motifs is 3. The Hall–Kier alpha value is -2.89. The van der Waals surface area contributed by atoms with Crippen LogP contribution in [-0.2, 0) is 25.8 Å². The molecular weight excluding hydrogens is 440 g/mol. The van der Waals surface area contributed by atoms with Gasteiger partial charge >= 0.3 is 0 Å². The second-order valence-electron chi connectivity index (χ2n) is 9.31. The van der Waals surface area contributed by atoms with Crippen molar-refractivity contribution in [3.05, 3.63) is 92.5 Å². The molecule has 34 heavy (non-hydrogen) atoms. The van der Waals surface area contributed by atoms with Crippen LogP contribution in [0.1, 0.15) is 56.8 Å². The van der Waals surface area contributed by atoms with Gasteiger partial charge in [-0.3, -0.25) is 4.90 Å². The average Bonchev–Trinajstić information content (AvgIpc) is 3.44. The number of aromatic nitrogens is 1. The van der Waals surface area contributed by atoms with Crippen LogP contribution in [0.4, 0.5) is 0 Å². The lowest BCUT2D eigenvalue weighted by Gasteiger charge is -2.36. The summed E-state index contributed by atoms with van der Waals surface area (Å²) in [6, 6.07) is 19.2. The molecule has 2 aromatic heterocycles. The summed E-state index contributed by atoms with van der Waals surface area (Å²) in [4.78, 5) is 10.7. The third kappa shape index (κ3) is 3.77. The van der Waals surface area contributed by atoms with Gasteiger partial charge in [-0.15, -0.1) is 11.3 Å². The number of hydrogen-bond donors (Lipinski definition) is 0. The zero-order valence-corrected chi connectivity index (χ0v) is 20.7. The summed E-state index contributed by atoms with van der Waals surface area (Å²) >= 11 is 2.06. The van der Waals surface area contributed by atoms with Crippen molar-refractivity contribution < 1.29 is 9.15 Å². The van der Waals surface area contributed by atoms with E-state index in [0.717, 1.165) is 42.3 Å². The summed E-state index contributed by atoms with van der Waals surface area (Å²) < 4.78 is 11.7. The summed E-state index contributed by atoms with van der Waals surface area (Å²) in [6.45, 7) is 3.83. The third-order valence-electron chi connectivity index (χ3n) is 7.27. The zero-order chi connectivity index (χ0) is 23.1. The standard InChI is InChI=1S/C29H30N2O2S/c1-19-24(30-29(33-19)23-13-6-8-14-25(23)32-2)18-31-17-16-22-21-12-7-9-15-26(21)34-28(22)27(31)20-10-4-3-5-11-20/h3-6,8,10-11,13-14,27H,7,9,12,15-18H2,1-2H3/t27-/m0/s1. The van der Waals surface area contributed by atoms with Gasteiger partial charge in [-0.1, -0.05) is 42.5 Å². The van der Waals surface area contributed by atoms with Crippen molar-refractivity contribution >= 4 is 11.3 Å². The van der Waals surface area contributed by atoms with Gasteiger partial charge in [0.1, 0.15) is 11.5 Å². The Labute approximate surface area is 205 Å². The van der Waals surface area contributed by atoms with E-state index in [1.807, 2.05) is 31.2 Å². The molecule has 0 amide bonds. The Morgan fingerprint density at radius 2 is 1.79 bits per heavy atom. The fraction of sp³-hybridized carbons (Fsp3) is 0.345. The zero-order valence-electron chi connectivity index (χ0n) is 19.8. The van der Waals surface area contributed by atoms with Crippen LogP contribution in [0.15, 0.2) is 59.0 Å². The number of rotatable bonds is 5. The maximum atomic E-state index is 6.15. The van der Waals surface area contributed by atoms with Crippen molar-refractivity contribution in [2.75, 3.05) is 13.7 Å². The maximum Gasteiger partial charge on any atom is 0.230 e. The van der Waals surface area contributed by atoms with Gasteiger partial charge in [0, 0.05) is 22.8 Å². The molecule has 0 radical (unpaired) electrons. The molecule has 0 saturated carbocycles. The molecule has 2 aliphatic rings. The highest BCUT2D eigenvalue weighted by Gasteiger charge is 2.34. The number of para-hydroxylation sites is 1. The van der Waals surface area contributed by atoms with E-state index in [1.54, 1.807) is 28.0 Å². The molecular formula is C29H30N2O2S. The van der Waals surface area contributed by atoms with Crippen LogP contribution in [0.2, 0.25) is 0 Å². The highest BCUT2D eigenvalue weighted by atomic mass is 32.1. The molecule has 1 atom stereocenters. The van der Waals surface area contributed by atoms with Crippen LogP contribution in [0, 0.1) is 6.92 Å². The van der Waals surface area contributed by atoms with Crippen LogP contribution in [-0.4, -0.2) is 23.5 Å². The molecule has 0 N–H and O–H groups in total. The topological polar surface area (TPSA) is 38.5 Å². The van der Waals surface area contributed by atoms with E-state index in [9.17, 15) is 0 Å². The van der Waals surface area contributed by atoms with Crippen molar-refractivity contribution in [1.82, 2.24) is 9.88 Å². The van der Waals surface area contributed by atoms with Gasteiger partial charge in [0.25, 0.3) is 0 Å². The highest BCUT2D eigenvalue weighted by molar-refractivity contribution is 7.12. The van der Waals surface area contributed by atoms with Gasteiger partial charge in [-0.05, 0) is 67.9 Å². The third-order valence-corrected chi connectivity index (χ3v) is 8.66. The van der Waals surface area contributed by atoms with Crippen molar-refractivity contribution in [3.63, 3.8) is 0 Å². The Morgan fingerprint density at radius 1 is 1.00 bits per heavy atom. The summed E-state index contributed by atoms with van der Waals surface area (Å²) in [5.74, 6) is 2.29. The molecule has 0 bridgehead atoms. The minimum absolute atomic E-state index is 0.270. The summed E-state index contributed by atoms with van der Waals surface area (Å²) in [6.07, 6.45) is 6.29. The quantitative estimate of drug-likeness (QED) is 0.323. The minimum Gasteiger partial charge on any atom is -0.496 e. The van der Waals surface area contributed by atoms with E-state index in [2.05, 4.69) is 46.6 Å². The summed E-state index contributed by atoms with van der Waals surface area (Å²) in [5.41, 5.74) is 6.57. The Bertz CT molecular complexity index is 1310. The van der Waals surface area contributed by atoms with Crippen LogP contribution < -0.4 is 4.74 Å². The summed E-state index contributed by atoms with van der Waals surface area (Å²) in [7, 11) is 1.69. The first-order chi connectivity index (χ1) is 16.7. The van der Waals surface area contributed by atoms with E-state index in [-0.39, 0.29) is 6.04 Å². The number of thiophene rings is 1. The van der Waals surface area contributed by atoms with Crippen molar-refractivity contribution in [2.45, 2.75) is 51.6 Å². The number of ether oxygens (including phenoxy) is 1. The second-order valence-corrected chi connectivity index (χ2v) is 10.4. The van der Waals surface area contributed by atoms with E-state index >= 15 is 0 Å². The van der Waals surface area contributed by atoms with E-state index < -0.39 is 0 Å². The van der Waals surface area contributed by atoms with E-state index in [4.69, 9.17) is 14.1 Å². The van der Waals surface area contributed by atoms with Gasteiger partial charge in [0.05, 0.1) is 24.4 Å². The molecule has 2 aromatic carbocycles. The van der Waals surface area contributed by atoms with Crippen molar-refractivity contribution in [1.29, 1.82) is 0 Å². The smallest absolute Gasteiger partial charge is 0.230 e. The Balaban J connectivity index is 1.37. The molecule has 0 unspecified atom stereocenters. The molecule has 0 saturated heterocycles. The van der Waals surface area contributed by atoms with Crippen LogP contribution in [0.25, 0.3) is 11.5 Å². The monoisotopic (exact) mass is 470 g/mol. The second kappa shape index (κ2) is 9.05. The van der Waals surface area contributed by atoms with Gasteiger partial charge in [-0.2, -0.15) is 0 Å². The fourth-order valence-electron chi connectivity index (χ4n) is 5.57. The first kappa shape index (κ1) is 21.6. The van der Waals surface area contributed by atoms with Crippen LogP contribution in [0.3, 0.4) is 0 Å². The number of benzene rings is 2. The first-order valence-electron chi connectivity index (χ1n) is 12.2. The Morgan fingerprint density at radius 3 is 2.65 bits per heavy atom. The lowest BCUT2D eigenvalue weighted by atomic mass is 9.88. The number of hydrogen-bond acceptors (Lipinski definition) is 5. The van der Waals surface area contributed by atoms with Crippen LogP contribution in [0.5, 0.6) is 5.75 Å². The SMILES string of the molecule is COc1ccccc1-c1nc(CN2CCc3c(sc4c3CCCC4)[C@@H]2c2ccccc2)c(C)o1. The lowest BCUT2D eigenvalue weighted by molar-refractivity contribution is 0.204. The largest absolute Gasteiger partial charge is 0.496 e. The molecule has 4 aromatic rings. The predicted octanol–water partition coefficient (Wildman–Crippen LogP) is 6.75. The molecule has 1 aliphatic heterocycles. The van der Waals surface area contributed by atoms with Gasteiger partial charge in [0.2, 0.25) is 5.89 Å². The predicted molar refractivity (Wildman–Crippen MR) is 137 cm³/mol. The molecule has 0 fully saturated rings. The fourth-order valence-corrected chi connectivity index (χ4v) is 7.17. The first-order valence-corrected chi connectivity index (χ1v) is 13.1. The number of nitrogens with zero attached hydrogens (tertiary/aromatic N) is 2. The number of aryl methyl sites for hydroxylation is 2. The molecule has 5 heteroatoms. The van der Waals surface area contributed by atoms with E-state index in [0.29, 0.717) is 5.89 Å². The molecule has 3 heterocycles. The lowest BCUT2D eigenvalue weighted by Crippen LogP contribution is -2.35. The molecule has 4 nitrogen and oxygen atoms in total. The van der Waals surface area contributed by atoms with Crippen LogP contribution >= 0.6 is 11.3 Å². The van der Waals surface area contributed by atoms with Gasteiger partial charge < -0.3 is 9.15 Å². The maximum absolute atomic E-state index is 6.15. The Kier molecular flexibility index (Phi) is 5.75. The van der Waals surface area contributed by atoms with Crippen molar-refractivity contribution in [2.24, 2.45) is 0 Å². The summed E-state index contributed by atoms with van der Waals surface area (Å²) in [5, 5.41) is 0.